The monoisotopic (exact) mass is 298 g/mol. The van der Waals surface area contributed by atoms with Crippen LogP contribution in [0.3, 0.4) is 0 Å². The first kappa shape index (κ1) is 14.4. The van der Waals surface area contributed by atoms with Crippen molar-refractivity contribution in [1.82, 2.24) is 0 Å². The van der Waals surface area contributed by atoms with E-state index in [4.69, 9.17) is 4.74 Å². The Morgan fingerprint density at radius 1 is 1.19 bits per heavy atom. The van der Waals surface area contributed by atoms with E-state index in [1.807, 2.05) is 0 Å². The van der Waals surface area contributed by atoms with Gasteiger partial charge in [-0.05, 0) is 36.6 Å². The standard InChI is InChI=1S/C16H17F3O2/c17-16(18,19)13-4-2-1-3-12(13)15(20)11-5-6-14-10(9-11)7-8-21-14/h5-6,9,12-13H,1-4,7-8H2. The number of carbonyl (C=O) groups excluding carboxylic acids is 1. The van der Waals surface area contributed by atoms with Gasteiger partial charge < -0.3 is 4.74 Å². The van der Waals surface area contributed by atoms with E-state index in [0.717, 1.165) is 11.3 Å². The molecule has 0 spiro atoms. The molecule has 0 radical (unpaired) electrons. The van der Waals surface area contributed by atoms with Crippen LogP contribution < -0.4 is 4.74 Å². The molecule has 1 aliphatic heterocycles. The molecule has 1 saturated carbocycles. The highest BCUT2D eigenvalue weighted by molar-refractivity contribution is 5.98. The van der Waals surface area contributed by atoms with Crippen molar-refractivity contribution in [3.05, 3.63) is 29.3 Å². The molecule has 1 aromatic rings. The van der Waals surface area contributed by atoms with Crippen molar-refractivity contribution in [3.63, 3.8) is 0 Å². The number of ketones is 1. The Bertz CT molecular complexity index is 551. The second-order valence-corrected chi connectivity index (χ2v) is 5.82. The van der Waals surface area contributed by atoms with Crippen molar-refractivity contribution in [2.45, 2.75) is 38.3 Å². The Kier molecular flexibility index (Phi) is 3.68. The lowest BCUT2D eigenvalue weighted by atomic mass is 9.75. The molecule has 1 aromatic carbocycles. The van der Waals surface area contributed by atoms with Gasteiger partial charge >= 0.3 is 6.18 Å². The van der Waals surface area contributed by atoms with Crippen LogP contribution in [0.1, 0.15) is 41.6 Å². The van der Waals surface area contributed by atoms with Gasteiger partial charge in [0, 0.05) is 17.9 Å². The summed E-state index contributed by atoms with van der Waals surface area (Å²) in [6, 6.07) is 4.99. The minimum absolute atomic E-state index is 0.0635. The summed E-state index contributed by atoms with van der Waals surface area (Å²) in [7, 11) is 0. The third-order valence-corrected chi connectivity index (χ3v) is 4.50. The third kappa shape index (κ3) is 2.78. The number of halogens is 3. The van der Waals surface area contributed by atoms with E-state index in [9.17, 15) is 18.0 Å². The van der Waals surface area contributed by atoms with E-state index >= 15 is 0 Å². The highest BCUT2D eigenvalue weighted by Crippen LogP contribution is 2.43. The molecular formula is C16H17F3O2. The Balaban J connectivity index is 1.86. The van der Waals surface area contributed by atoms with Gasteiger partial charge in [-0.3, -0.25) is 4.79 Å². The minimum atomic E-state index is -4.29. The predicted molar refractivity (Wildman–Crippen MR) is 71.5 cm³/mol. The predicted octanol–water partition coefficient (Wildman–Crippen LogP) is 4.17. The maximum atomic E-state index is 13.1. The highest BCUT2D eigenvalue weighted by Gasteiger charge is 2.48. The van der Waals surface area contributed by atoms with Crippen LogP contribution in [0.15, 0.2) is 18.2 Å². The number of hydrogen-bond acceptors (Lipinski definition) is 2. The molecule has 21 heavy (non-hydrogen) atoms. The van der Waals surface area contributed by atoms with Crippen molar-refractivity contribution >= 4 is 5.78 Å². The summed E-state index contributed by atoms with van der Waals surface area (Å²) in [6.07, 6.45) is -1.95. The Hall–Kier alpha value is -1.52. The van der Waals surface area contributed by atoms with Crippen molar-refractivity contribution in [1.29, 1.82) is 0 Å². The largest absolute Gasteiger partial charge is 0.493 e. The Labute approximate surface area is 121 Å². The maximum absolute atomic E-state index is 13.1. The van der Waals surface area contributed by atoms with Gasteiger partial charge in [0.2, 0.25) is 0 Å². The zero-order valence-corrected chi connectivity index (χ0v) is 11.6. The van der Waals surface area contributed by atoms with Crippen molar-refractivity contribution in [3.8, 4) is 5.75 Å². The molecule has 0 aromatic heterocycles. The molecule has 114 valence electrons. The molecular weight excluding hydrogens is 281 g/mol. The fraction of sp³-hybridized carbons (Fsp3) is 0.562. The van der Waals surface area contributed by atoms with Gasteiger partial charge in [0.1, 0.15) is 5.75 Å². The Morgan fingerprint density at radius 3 is 2.71 bits per heavy atom. The van der Waals surface area contributed by atoms with Gasteiger partial charge in [0.25, 0.3) is 0 Å². The molecule has 0 amide bonds. The average molecular weight is 298 g/mol. The number of fused-ring (bicyclic) bond motifs is 1. The summed E-state index contributed by atoms with van der Waals surface area (Å²) in [6.45, 7) is 0.571. The van der Waals surface area contributed by atoms with Gasteiger partial charge in [-0.15, -0.1) is 0 Å². The van der Waals surface area contributed by atoms with Crippen molar-refractivity contribution < 1.29 is 22.7 Å². The highest BCUT2D eigenvalue weighted by atomic mass is 19.4. The third-order valence-electron chi connectivity index (χ3n) is 4.50. The molecule has 0 saturated heterocycles. The second-order valence-electron chi connectivity index (χ2n) is 5.82. The molecule has 0 bridgehead atoms. The number of rotatable bonds is 2. The maximum Gasteiger partial charge on any atom is 0.392 e. The quantitative estimate of drug-likeness (QED) is 0.766. The van der Waals surface area contributed by atoms with Gasteiger partial charge in [-0.2, -0.15) is 13.2 Å². The number of benzene rings is 1. The zero-order valence-electron chi connectivity index (χ0n) is 11.6. The van der Waals surface area contributed by atoms with Crippen LogP contribution >= 0.6 is 0 Å². The lowest BCUT2D eigenvalue weighted by Gasteiger charge is -2.32. The van der Waals surface area contributed by atoms with Crippen molar-refractivity contribution in [2.24, 2.45) is 11.8 Å². The number of ether oxygens (including phenoxy) is 1. The van der Waals surface area contributed by atoms with Gasteiger partial charge in [-0.1, -0.05) is 12.8 Å². The Morgan fingerprint density at radius 2 is 1.95 bits per heavy atom. The van der Waals surface area contributed by atoms with Crippen LogP contribution in [0.4, 0.5) is 13.2 Å². The zero-order chi connectivity index (χ0) is 15.0. The molecule has 2 atom stereocenters. The molecule has 1 fully saturated rings. The first-order chi connectivity index (χ1) is 9.97. The topological polar surface area (TPSA) is 26.3 Å². The van der Waals surface area contributed by atoms with E-state index in [1.54, 1.807) is 18.2 Å². The smallest absolute Gasteiger partial charge is 0.392 e. The van der Waals surface area contributed by atoms with Crippen molar-refractivity contribution in [2.75, 3.05) is 6.61 Å². The molecule has 3 rings (SSSR count). The van der Waals surface area contributed by atoms with Gasteiger partial charge in [0.05, 0.1) is 12.5 Å². The van der Waals surface area contributed by atoms with Crippen LogP contribution in [0.25, 0.3) is 0 Å². The minimum Gasteiger partial charge on any atom is -0.493 e. The summed E-state index contributed by atoms with van der Waals surface area (Å²) in [5.74, 6) is -2.06. The SMILES string of the molecule is O=C(c1ccc2c(c1)CCO2)C1CCCCC1C(F)(F)F. The molecule has 1 aliphatic carbocycles. The first-order valence-electron chi connectivity index (χ1n) is 7.33. The van der Waals surface area contributed by atoms with Gasteiger partial charge in [-0.25, -0.2) is 0 Å². The first-order valence-corrected chi connectivity index (χ1v) is 7.33. The van der Waals surface area contributed by atoms with E-state index in [1.165, 1.54) is 0 Å². The average Bonchev–Trinajstić information content (AvgIpc) is 2.93. The van der Waals surface area contributed by atoms with Crippen LogP contribution in [0, 0.1) is 11.8 Å². The van der Waals surface area contributed by atoms with Crippen LogP contribution in [-0.4, -0.2) is 18.6 Å². The summed E-state index contributed by atoms with van der Waals surface area (Å²) < 4.78 is 44.7. The summed E-state index contributed by atoms with van der Waals surface area (Å²) in [4.78, 5) is 12.5. The van der Waals surface area contributed by atoms with E-state index in [-0.39, 0.29) is 12.2 Å². The van der Waals surface area contributed by atoms with Crippen LogP contribution in [0.2, 0.25) is 0 Å². The number of Topliss-reactive ketones (excluding diaryl/α,β-unsaturated/α-hetero) is 1. The molecule has 2 aliphatic rings. The fourth-order valence-corrected chi connectivity index (χ4v) is 3.39. The number of carbonyl (C=O) groups is 1. The molecule has 0 N–H and O–H groups in total. The molecule has 1 heterocycles. The van der Waals surface area contributed by atoms with E-state index in [0.29, 0.717) is 37.9 Å². The lowest BCUT2D eigenvalue weighted by Crippen LogP contribution is -2.37. The molecule has 2 unspecified atom stereocenters. The number of hydrogen-bond donors (Lipinski definition) is 0. The van der Waals surface area contributed by atoms with Crippen LogP contribution in [0.5, 0.6) is 5.75 Å². The summed E-state index contributed by atoms with van der Waals surface area (Å²) in [5, 5.41) is 0. The normalized spacial score (nSPS) is 25.3. The number of alkyl halides is 3. The van der Waals surface area contributed by atoms with E-state index < -0.39 is 18.0 Å². The molecule has 5 heteroatoms. The second kappa shape index (κ2) is 5.35. The summed E-state index contributed by atoms with van der Waals surface area (Å²) in [5.41, 5.74) is 1.31. The lowest BCUT2D eigenvalue weighted by molar-refractivity contribution is -0.190. The summed E-state index contributed by atoms with van der Waals surface area (Å²) >= 11 is 0. The van der Waals surface area contributed by atoms with Crippen LogP contribution in [-0.2, 0) is 6.42 Å². The van der Waals surface area contributed by atoms with E-state index in [2.05, 4.69) is 0 Å². The van der Waals surface area contributed by atoms with Gasteiger partial charge in [0.15, 0.2) is 5.78 Å². The fourth-order valence-electron chi connectivity index (χ4n) is 3.39. The molecule has 2 nitrogen and oxygen atoms in total.